The zero-order chi connectivity index (χ0) is 15.1. The predicted molar refractivity (Wildman–Crippen MR) is 87.0 cm³/mol. The molecule has 0 aliphatic carbocycles. The molecule has 3 nitrogen and oxygen atoms in total. The van der Waals surface area contributed by atoms with Crippen molar-refractivity contribution in [2.75, 3.05) is 19.6 Å². The van der Waals surface area contributed by atoms with Crippen LogP contribution in [0.2, 0.25) is 0 Å². The lowest BCUT2D eigenvalue weighted by Gasteiger charge is -2.42. The number of likely N-dealkylation sites (tertiary alicyclic amines) is 1. The van der Waals surface area contributed by atoms with Crippen LogP contribution < -0.4 is 5.32 Å². The van der Waals surface area contributed by atoms with Crippen LogP contribution in [0.5, 0.6) is 0 Å². The summed E-state index contributed by atoms with van der Waals surface area (Å²) in [6, 6.07) is 1.17. The van der Waals surface area contributed by atoms with Crippen molar-refractivity contribution in [2.45, 2.75) is 78.5 Å². The number of hydrogen-bond donors (Lipinski definition) is 2. The first-order chi connectivity index (χ1) is 9.47. The van der Waals surface area contributed by atoms with Gasteiger partial charge in [-0.1, -0.05) is 27.7 Å². The summed E-state index contributed by atoms with van der Waals surface area (Å²) in [5.41, 5.74) is 0. The van der Waals surface area contributed by atoms with Gasteiger partial charge >= 0.3 is 0 Å². The zero-order valence-corrected chi connectivity index (χ0v) is 14.2. The second kappa shape index (κ2) is 9.01. The molecule has 1 rings (SSSR count). The summed E-state index contributed by atoms with van der Waals surface area (Å²) in [7, 11) is 0. The number of hydrogen-bond acceptors (Lipinski definition) is 3. The smallest absolute Gasteiger partial charge is 0.0578 e. The standard InChI is InChI=1S/C17H36N2O/c1-6-14(5)19-11-15(17(20)7-2)10-16(12-19)18-9-8-13(3)4/h13-18,20H,6-12H2,1-5H3. The Kier molecular flexibility index (Phi) is 8.08. The highest BCUT2D eigenvalue weighted by atomic mass is 16.3. The van der Waals surface area contributed by atoms with Gasteiger partial charge < -0.3 is 10.4 Å². The molecular formula is C17H36N2O. The summed E-state index contributed by atoms with van der Waals surface area (Å²) < 4.78 is 0. The third-order valence-electron chi connectivity index (χ3n) is 4.84. The van der Waals surface area contributed by atoms with Gasteiger partial charge in [-0.05, 0) is 51.0 Å². The van der Waals surface area contributed by atoms with E-state index in [9.17, 15) is 5.11 Å². The van der Waals surface area contributed by atoms with E-state index in [2.05, 4.69) is 44.8 Å². The summed E-state index contributed by atoms with van der Waals surface area (Å²) in [6.07, 6.45) is 4.28. The number of aliphatic hydroxyl groups is 1. The van der Waals surface area contributed by atoms with Crippen molar-refractivity contribution < 1.29 is 5.11 Å². The minimum Gasteiger partial charge on any atom is -0.393 e. The number of nitrogens with zero attached hydrogens (tertiary/aromatic N) is 1. The first-order valence-electron chi connectivity index (χ1n) is 8.63. The normalized spacial score (nSPS) is 27.8. The zero-order valence-electron chi connectivity index (χ0n) is 14.2. The van der Waals surface area contributed by atoms with Crippen molar-refractivity contribution in [1.29, 1.82) is 0 Å². The monoisotopic (exact) mass is 284 g/mol. The van der Waals surface area contributed by atoms with Crippen LogP contribution in [0, 0.1) is 11.8 Å². The topological polar surface area (TPSA) is 35.5 Å². The third kappa shape index (κ3) is 5.71. The van der Waals surface area contributed by atoms with E-state index in [0.29, 0.717) is 18.0 Å². The Hall–Kier alpha value is -0.120. The van der Waals surface area contributed by atoms with E-state index in [4.69, 9.17) is 0 Å². The molecule has 3 heteroatoms. The molecule has 120 valence electrons. The SMILES string of the molecule is CCC(O)C1CC(NCCC(C)C)CN(C(C)CC)C1. The van der Waals surface area contributed by atoms with Crippen LogP contribution in [0.4, 0.5) is 0 Å². The molecule has 4 atom stereocenters. The van der Waals surface area contributed by atoms with Gasteiger partial charge in [-0.25, -0.2) is 0 Å². The fourth-order valence-electron chi connectivity index (χ4n) is 3.13. The van der Waals surface area contributed by atoms with Gasteiger partial charge in [0.2, 0.25) is 0 Å². The Morgan fingerprint density at radius 1 is 1.15 bits per heavy atom. The molecule has 1 heterocycles. The summed E-state index contributed by atoms with van der Waals surface area (Å²) >= 11 is 0. The first-order valence-corrected chi connectivity index (χ1v) is 8.63. The van der Waals surface area contributed by atoms with Gasteiger partial charge in [0.1, 0.15) is 0 Å². The van der Waals surface area contributed by atoms with E-state index in [1.54, 1.807) is 0 Å². The van der Waals surface area contributed by atoms with Gasteiger partial charge in [0.05, 0.1) is 6.10 Å². The minimum atomic E-state index is -0.142. The first kappa shape index (κ1) is 17.9. The molecular weight excluding hydrogens is 248 g/mol. The Morgan fingerprint density at radius 2 is 1.85 bits per heavy atom. The maximum atomic E-state index is 10.2. The van der Waals surface area contributed by atoms with Gasteiger partial charge in [0, 0.05) is 25.2 Å². The highest BCUT2D eigenvalue weighted by Crippen LogP contribution is 2.24. The van der Waals surface area contributed by atoms with E-state index in [1.807, 2.05) is 0 Å². The molecule has 20 heavy (non-hydrogen) atoms. The van der Waals surface area contributed by atoms with Gasteiger partial charge in [-0.3, -0.25) is 4.90 Å². The lowest BCUT2D eigenvalue weighted by Crippen LogP contribution is -2.54. The predicted octanol–water partition coefficient (Wildman–Crippen LogP) is 2.88. The molecule has 1 saturated heterocycles. The van der Waals surface area contributed by atoms with Crippen molar-refractivity contribution >= 4 is 0 Å². The van der Waals surface area contributed by atoms with Gasteiger partial charge in [0.25, 0.3) is 0 Å². The number of nitrogens with one attached hydrogen (secondary N) is 1. The number of piperidine rings is 1. The van der Waals surface area contributed by atoms with Crippen molar-refractivity contribution in [2.24, 2.45) is 11.8 Å². The minimum absolute atomic E-state index is 0.142. The average Bonchev–Trinajstić information content (AvgIpc) is 2.44. The molecule has 2 N–H and O–H groups in total. The molecule has 0 aromatic heterocycles. The molecule has 1 aliphatic rings. The maximum absolute atomic E-state index is 10.2. The molecule has 0 radical (unpaired) electrons. The fraction of sp³-hybridized carbons (Fsp3) is 1.00. The molecule has 0 saturated carbocycles. The quantitative estimate of drug-likeness (QED) is 0.719. The Labute approximate surface area is 126 Å². The third-order valence-corrected chi connectivity index (χ3v) is 4.84. The average molecular weight is 284 g/mol. The van der Waals surface area contributed by atoms with Crippen LogP contribution in [0.15, 0.2) is 0 Å². The number of aliphatic hydroxyl groups excluding tert-OH is 1. The van der Waals surface area contributed by atoms with Gasteiger partial charge in [0.15, 0.2) is 0 Å². The fourth-order valence-corrected chi connectivity index (χ4v) is 3.13. The molecule has 1 fully saturated rings. The van der Waals surface area contributed by atoms with Crippen LogP contribution in [0.25, 0.3) is 0 Å². The van der Waals surface area contributed by atoms with Crippen LogP contribution in [0.3, 0.4) is 0 Å². The lowest BCUT2D eigenvalue weighted by molar-refractivity contribution is 0.0211. The van der Waals surface area contributed by atoms with E-state index in [-0.39, 0.29) is 6.10 Å². The molecule has 0 aromatic rings. The summed E-state index contributed by atoms with van der Waals surface area (Å²) in [5, 5.41) is 13.9. The Balaban J connectivity index is 2.55. The maximum Gasteiger partial charge on any atom is 0.0578 e. The van der Waals surface area contributed by atoms with E-state index < -0.39 is 0 Å². The second-order valence-electron chi connectivity index (χ2n) is 7.02. The van der Waals surface area contributed by atoms with Crippen molar-refractivity contribution in [3.8, 4) is 0 Å². The molecule has 0 amide bonds. The molecule has 1 aliphatic heterocycles. The van der Waals surface area contributed by atoms with Crippen LogP contribution in [-0.4, -0.2) is 47.8 Å². The van der Waals surface area contributed by atoms with Crippen molar-refractivity contribution in [3.05, 3.63) is 0 Å². The molecule has 0 spiro atoms. The van der Waals surface area contributed by atoms with Crippen LogP contribution in [0.1, 0.15) is 60.3 Å². The number of rotatable bonds is 8. The highest BCUT2D eigenvalue weighted by molar-refractivity contribution is 4.88. The van der Waals surface area contributed by atoms with Gasteiger partial charge in [-0.15, -0.1) is 0 Å². The highest BCUT2D eigenvalue weighted by Gasteiger charge is 2.32. The van der Waals surface area contributed by atoms with E-state index in [1.165, 1.54) is 12.8 Å². The van der Waals surface area contributed by atoms with E-state index in [0.717, 1.165) is 38.4 Å². The second-order valence-corrected chi connectivity index (χ2v) is 7.02. The van der Waals surface area contributed by atoms with Crippen LogP contribution >= 0.6 is 0 Å². The Bertz CT molecular complexity index is 239. The van der Waals surface area contributed by atoms with Gasteiger partial charge in [-0.2, -0.15) is 0 Å². The summed E-state index contributed by atoms with van der Waals surface area (Å²) in [6.45, 7) is 14.5. The molecule has 4 unspecified atom stereocenters. The Morgan fingerprint density at radius 3 is 2.40 bits per heavy atom. The van der Waals surface area contributed by atoms with Crippen molar-refractivity contribution in [1.82, 2.24) is 10.2 Å². The summed E-state index contributed by atoms with van der Waals surface area (Å²) in [4.78, 5) is 2.57. The molecule has 0 bridgehead atoms. The van der Waals surface area contributed by atoms with Crippen molar-refractivity contribution in [3.63, 3.8) is 0 Å². The lowest BCUT2D eigenvalue weighted by atomic mass is 9.87. The summed E-state index contributed by atoms with van der Waals surface area (Å²) in [5.74, 6) is 1.19. The van der Waals surface area contributed by atoms with E-state index >= 15 is 0 Å². The largest absolute Gasteiger partial charge is 0.393 e. The van der Waals surface area contributed by atoms with Crippen LogP contribution in [-0.2, 0) is 0 Å². The molecule has 0 aromatic carbocycles.